The lowest BCUT2D eigenvalue weighted by atomic mass is 10.2. The van der Waals surface area contributed by atoms with Crippen molar-refractivity contribution in [1.82, 2.24) is 4.98 Å². The zero-order valence-electron chi connectivity index (χ0n) is 7.58. The van der Waals surface area contributed by atoms with Crippen molar-refractivity contribution >= 4 is 22.8 Å². The maximum Gasteiger partial charge on any atom is 0.295 e. The quantitative estimate of drug-likeness (QED) is 0.623. The number of hydrogen-bond acceptors (Lipinski definition) is 5. The van der Waals surface area contributed by atoms with Gasteiger partial charge in [-0.2, -0.15) is 11.3 Å². The molecular weight excluding hydrogens is 214 g/mol. The van der Waals surface area contributed by atoms with Crippen LogP contribution in [0.5, 0.6) is 0 Å². The molecule has 2 aromatic rings. The van der Waals surface area contributed by atoms with Gasteiger partial charge >= 0.3 is 0 Å². The van der Waals surface area contributed by atoms with Crippen molar-refractivity contribution in [2.45, 2.75) is 0 Å². The largest absolute Gasteiger partial charge is 0.384 e. The van der Waals surface area contributed by atoms with E-state index in [4.69, 9.17) is 5.73 Å². The fourth-order valence-electron chi connectivity index (χ4n) is 1.23. The summed E-state index contributed by atoms with van der Waals surface area (Å²) in [6, 6.07) is 4.57. The molecule has 0 aromatic carbocycles. The van der Waals surface area contributed by atoms with Crippen LogP contribution in [0.2, 0.25) is 0 Å². The standard InChI is InChI=1S/C9H7N3O2S/c10-8-2-1-7(12(13)14)9(11-8)6-3-4-15-5-6/h1-5H,(H2,10,11). The predicted octanol–water partition coefficient (Wildman–Crippen LogP) is 2.30. The first kappa shape index (κ1) is 9.60. The van der Waals surface area contributed by atoms with Crippen LogP contribution in [0, 0.1) is 10.1 Å². The molecule has 0 fully saturated rings. The van der Waals surface area contributed by atoms with E-state index in [0.717, 1.165) is 5.56 Å². The van der Waals surface area contributed by atoms with E-state index in [0.29, 0.717) is 5.69 Å². The molecule has 0 radical (unpaired) electrons. The first-order chi connectivity index (χ1) is 7.18. The summed E-state index contributed by atoms with van der Waals surface area (Å²) in [7, 11) is 0. The van der Waals surface area contributed by atoms with Crippen molar-refractivity contribution in [1.29, 1.82) is 0 Å². The molecule has 2 rings (SSSR count). The van der Waals surface area contributed by atoms with Crippen LogP contribution in [0.4, 0.5) is 11.5 Å². The van der Waals surface area contributed by atoms with Gasteiger partial charge in [-0.1, -0.05) is 0 Å². The number of nitro groups is 1. The molecule has 15 heavy (non-hydrogen) atoms. The second-order valence-corrected chi connectivity index (χ2v) is 3.65. The highest BCUT2D eigenvalue weighted by Crippen LogP contribution is 2.29. The van der Waals surface area contributed by atoms with Gasteiger partial charge in [0.15, 0.2) is 5.69 Å². The van der Waals surface area contributed by atoms with E-state index in [2.05, 4.69) is 4.98 Å². The molecule has 0 saturated carbocycles. The molecule has 0 atom stereocenters. The first-order valence-electron chi connectivity index (χ1n) is 4.12. The molecule has 2 N–H and O–H groups in total. The first-order valence-corrected chi connectivity index (χ1v) is 5.06. The van der Waals surface area contributed by atoms with E-state index < -0.39 is 4.92 Å². The Morgan fingerprint density at radius 1 is 1.40 bits per heavy atom. The third-order valence-corrected chi connectivity index (χ3v) is 2.57. The number of aromatic nitrogens is 1. The summed E-state index contributed by atoms with van der Waals surface area (Å²) in [6.07, 6.45) is 0. The number of hydrogen-bond donors (Lipinski definition) is 1. The van der Waals surface area contributed by atoms with Gasteiger partial charge in [0.2, 0.25) is 0 Å². The van der Waals surface area contributed by atoms with Crippen LogP contribution in [0.3, 0.4) is 0 Å². The average Bonchev–Trinajstić information content (AvgIpc) is 2.69. The van der Waals surface area contributed by atoms with Crippen molar-refractivity contribution in [3.8, 4) is 11.3 Å². The van der Waals surface area contributed by atoms with Crippen LogP contribution in [-0.2, 0) is 0 Å². The summed E-state index contributed by atoms with van der Waals surface area (Å²) in [4.78, 5) is 14.3. The highest BCUT2D eigenvalue weighted by molar-refractivity contribution is 7.08. The smallest absolute Gasteiger partial charge is 0.295 e. The molecule has 76 valence electrons. The van der Waals surface area contributed by atoms with Gasteiger partial charge in [-0.05, 0) is 17.5 Å². The molecule has 0 aliphatic heterocycles. The molecule has 0 aliphatic rings. The van der Waals surface area contributed by atoms with Crippen molar-refractivity contribution in [3.05, 3.63) is 39.1 Å². The van der Waals surface area contributed by atoms with Crippen LogP contribution in [0.25, 0.3) is 11.3 Å². The molecule has 0 saturated heterocycles. The van der Waals surface area contributed by atoms with Crippen LogP contribution >= 0.6 is 11.3 Å². The molecule has 0 amide bonds. The number of nitrogens with zero attached hydrogens (tertiary/aromatic N) is 2. The second kappa shape index (κ2) is 3.66. The third kappa shape index (κ3) is 1.79. The van der Waals surface area contributed by atoms with E-state index in [9.17, 15) is 10.1 Å². The van der Waals surface area contributed by atoms with Gasteiger partial charge in [-0.15, -0.1) is 0 Å². The summed E-state index contributed by atoms with van der Waals surface area (Å²) < 4.78 is 0. The van der Waals surface area contributed by atoms with Gasteiger partial charge < -0.3 is 5.73 Å². The highest BCUT2D eigenvalue weighted by atomic mass is 32.1. The van der Waals surface area contributed by atoms with Gasteiger partial charge in [0.1, 0.15) is 5.82 Å². The molecular formula is C9H7N3O2S. The Labute approximate surface area is 89.3 Å². The predicted molar refractivity (Wildman–Crippen MR) is 58.6 cm³/mol. The summed E-state index contributed by atoms with van der Waals surface area (Å²) in [6.45, 7) is 0. The number of rotatable bonds is 2. The number of pyridine rings is 1. The fraction of sp³-hybridized carbons (Fsp3) is 0. The minimum Gasteiger partial charge on any atom is -0.384 e. The molecule has 5 nitrogen and oxygen atoms in total. The fourth-order valence-corrected chi connectivity index (χ4v) is 1.87. The van der Waals surface area contributed by atoms with E-state index in [1.54, 1.807) is 11.4 Å². The lowest BCUT2D eigenvalue weighted by Gasteiger charge is -2.00. The molecule has 2 aromatic heterocycles. The number of nitrogen functional groups attached to an aromatic ring is 1. The zero-order valence-corrected chi connectivity index (χ0v) is 8.40. The minimum atomic E-state index is -0.459. The molecule has 0 unspecified atom stereocenters. The lowest BCUT2D eigenvalue weighted by Crippen LogP contribution is -1.97. The summed E-state index contributed by atoms with van der Waals surface area (Å²) in [5.41, 5.74) is 6.52. The van der Waals surface area contributed by atoms with E-state index in [1.165, 1.54) is 23.5 Å². The Kier molecular flexibility index (Phi) is 2.34. The van der Waals surface area contributed by atoms with Crippen LogP contribution in [0.1, 0.15) is 0 Å². The van der Waals surface area contributed by atoms with Gasteiger partial charge in [-0.25, -0.2) is 4.98 Å². The molecule has 0 bridgehead atoms. The van der Waals surface area contributed by atoms with Gasteiger partial charge in [0.05, 0.1) is 4.92 Å². The molecule has 2 heterocycles. The Morgan fingerprint density at radius 3 is 2.80 bits per heavy atom. The maximum absolute atomic E-state index is 10.8. The Balaban J connectivity index is 2.63. The third-order valence-electron chi connectivity index (χ3n) is 1.89. The van der Waals surface area contributed by atoms with Crippen molar-refractivity contribution in [2.24, 2.45) is 0 Å². The van der Waals surface area contributed by atoms with Crippen molar-refractivity contribution in [2.75, 3.05) is 5.73 Å². The number of thiophene rings is 1. The topological polar surface area (TPSA) is 82.0 Å². The van der Waals surface area contributed by atoms with E-state index >= 15 is 0 Å². The number of nitrogens with two attached hydrogens (primary N) is 1. The average molecular weight is 221 g/mol. The van der Waals surface area contributed by atoms with Crippen LogP contribution < -0.4 is 5.73 Å². The SMILES string of the molecule is Nc1ccc([N+](=O)[O-])c(-c2ccsc2)n1. The van der Waals surface area contributed by atoms with Crippen LogP contribution in [-0.4, -0.2) is 9.91 Å². The normalized spacial score (nSPS) is 10.1. The molecule has 0 aliphatic carbocycles. The lowest BCUT2D eigenvalue weighted by molar-refractivity contribution is -0.384. The van der Waals surface area contributed by atoms with E-state index in [1.807, 2.05) is 5.38 Å². The number of anilines is 1. The Bertz CT molecular complexity index is 496. The zero-order chi connectivity index (χ0) is 10.8. The Hall–Kier alpha value is -1.95. The summed E-state index contributed by atoms with van der Waals surface area (Å²) >= 11 is 1.46. The second-order valence-electron chi connectivity index (χ2n) is 2.87. The summed E-state index contributed by atoms with van der Waals surface area (Å²) in [5.74, 6) is 0.279. The van der Waals surface area contributed by atoms with Gasteiger partial charge in [0.25, 0.3) is 5.69 Å². The van der Waals surface area contributed by atoms with Crippen molar-refractivity contribution < 1.29 is 4.92 Å². The molecule has 0 spiro atoms. The highest BCUT2D eigenvalue weighted by Gasteiger charge is 2.17. The maximum atomic E-state index is 10.8. The van der Waals surface area contributed by atoms with Gasteiger partial charge in [0, 0.05) is 17.0 Å². The van der Waals surface area contributed by atoms with Crippen molar-refractivity contribution in [3.63, 3.8) is 0 Å². The summed E-state index contributed by atoms with van der Waals surface area (Å²) in [5, 5.41) is 14.4. The Morgan fingerprint density at radius 2 is 2.20 bits per heavy atom. The van der Waals surface area contributed by atoms with E-state index in [-0.39, 0.29) is 11.5 Å². The van der Waals surface area contributed by atoms with Gasteiger partial charge in [-0.3, -0.25) is 10.1 Å². The molecule has 6 heteroatoms. The van der Waals surface area contributed by atoms with Crippen LogP contribution in [0.15, 0.2) is 29.0 Å². The minimum absolute atomic E-state index is 0.0254. The monoisotopic (exact) mass is 221 g/mol.